The van der Waals surface area contributed by atoms with Crippen LogP contribution in [0.15, 0.2) is 29.0 Å². The van der Waals surface area contributed by atoms with Gasteiger partial charge in [0.1, 0.15) is 10.5 Å². The lowest BCUT2D eigenvalue weighted by molar-refractivity contribution is -0.383. The van der Waals surface area contributed by atoms with E-state index in [-0.39, 0.29) is 20.6 Å². The van der Waals surface area contributed by atoms with E-state index in [1.54, 1.807) is 0 Å². The van der Waals surface area contributed by atoms with E-state index < -0.39 is 14.9 Å². The van der Waals surface area contributed by atoms with Crippen molar-refractivity contribution >= 4 is 37.7 Å². The molecule has 2 aromatic rings. The molecule has 2 N–H and O–H groups in total. The van der Waals surface area contributed by atoms with Gasteiger partial charge in [-0.05, 0) is 0 Å². The van der Waals surface area contributed by atoms with Crippen molar-refractivity contribution < 1.29 is 13.3 Å². The third-order valence-corrected chi connectivity index (χ3v) is 5.19. The van der Waals surface area contributed by atoms with E-state index in [1.807, 2.05) is 0 Å². The number of sulfonamides is 1. The van der Waals surface area contributed by atoms with Gasteiger partial charge in [0.2, 0.25) is 0 Å². The topological polar surface area (TPSA) is 127 Å². The van der Waals surface area contributed by atoms with Crippen LogP contribution in [0.2, 0.25) is 0 Å². The van der Waals surface area contributed by atoms with Gasteiger partial charge < -0.3 is 5.32 Å². The second-order valence-corrected chi connectivity index (χ2v) is 6.48. The maximum absolute atomic E-state index is 12.1. The van der Waals surface area contributed by atoms with Gasteiger partial charge >= 0.3 is 5.69 Å². The standard InChI is InChI=1S/C9H9N5O4S2/c1-10-9-7(14(15)16)2-8(19-9)20(17,18)13-6-3-11-5-12-4-6/h2-5,10,13H,1H3. The number of nitrogens with zero attached hydrogens (tertiary/aromatic N) is 3. The number of rotatable bonds is 5. The molecule has 0 aromatic carbocycles. The number of anilines is 2. The maximum atomic E-state index is 12.1. The molecule has 0 aliphatic rings. The van der Waals surface area contributed by atoms with E-state index in [9.17, 15) is 18.5 Å². The Morgan fingerprint density at radius 3 is 2.50 bits per heavy atom. The number of aromatic nitrogens is 2. The summed E-state index contributed by atoms with van der Waals surface area (Å²) in [5, 5.41) is 13.6. The smallest absolute Gasteiger partial charge is 0.304 e. The largest absolute Gasteiger partial charge is 0.374 e. The van der Waals surface area contributed by atoms with Crippen LogP contribution < -0.4 is 10.0 Å². The zero-order chi connectivity index (χ0) is 14.8. The average Bonchev–Trinajstić information content (AvgIpc) is 2.84. The molecule has 0 spiro atoms. The summed E-state index contributed by atoms with van der Waals surface area (Å²) in [5.74, 6) is 0. The number of thiophene rings is 1. The Morgan fingerprint density at radius 2 is 2.00 bits per heavy atom. The molecular formula is C9H9N5O4S2. The molecule has 0 atom stereocenters. The van der Waals surface area contributed by atoms with Gasteiger partial charge in [-0.25, -0.2) is 18.4 Å². The van der Waals surface area contributed by atoms with Crippen LogP contribution in [0, 0.1) is 10.1 Å². The van der Waals surface area contributed by atoms with Crippen molar-refractivity contribution in [1.29, 1.82) is 0 Å². The summed E-state index contributed by atoms with van der Waals surface area (Å²) in [4.78, 5) is 17.5. The summed E-state index contributed by atoms with van der Waals surface area (Å²) in [6.45, 7) is 0. The summed E-state index contributed by atoms with van der Waals surface area (Å²) in [6.07, 6.45) is 3.82. The van der Waals surface area contributed by atoms with Gasteiger partial charge in [-0.15, -0.1) is 0 Å². The molecule has 0 fully saturated rings. The van der Waals surface area contributed by atoms with Crippen LogP contribution in [0.4, 0.5) is 16.4 Å². The molecular weight excluding hydrogens is 306 g/mol. The molecule has 0 saturated heterocycles. The van der Waals surface area contributed by atoms with Crippen molar-refractivity contribution in [2.75, 3.05) is 17.1 Å². The van der Waals surface area contributed by atoms with Crippen molar-refractivity contribution in [2.45, 2.75) is 4.21 Å². The molecule has 0 radical (unpaired) electrons. The minimum Gasteiger partial charge on any atom is -0.374 e. The highest BCUT2D eigenvalue weighted by Crippen LogP contribution is 2.37. The summed E-state index contributed by atoms with van der Waals surface area (Å²) in [7, 11) is -2.43. The fourth-order valence-electron chi connectivity index (χ4n) is 1.36. The molecule has 20 heavy (non-hydrogen) atoms. The van der Waals surface area contributed by atoms with Crippen molar-refractivity contribution in [3.05, 3.63) is 34.9 Å². The second kappa shape index (κ2) is 5.38. The predicted octanol–water partition coefficient (Wildman–Crippen LogP) is 1.29. The lowest BCUT2D eigenvalue weighted by atomic mass is 10.5. The zero-order valence-electron chi connectivity index (χ0n) is 10.1. The molecule has 0 amide bonds. The molecule has 2 heterocycles. The first-order chi connectivity index (χ1) is 9.44. The molecule has 2 aromatic heterocycles. The van der Waals surface area contributed by atoms with Crippen LogP contribution in [-0.4, -0.2) is 30.4 Å². The van der Waals surface area contributed by atoms with Gasteiger partial charge in [0, 0.05) is 13.1 Å². The summed E-state index contributed by atoms with van der Waals surface area (Å²) in [6, 6.07) is 1.00. The Balaban J connectivity index is 2.37. The highest BCUT2D eigenvalue weighted by Gasteiger charge is 2.25. The Labute approximate surface area is 117 Å². The third-order valence-electron chi connectivity index (χ3n) is 2.19. The van der Waals surface area contributed by atoms with E-state index in [1.165, 1.54) is 25.8 Å². The summed E-state index contributed by atoms with van der Waals surface area (Å²) >= 11 is 0.770. The highest BCUT2D eigenvalue weighted by atomic mass is 32.2. The Morgan fingerprint density at radius 1 is 1.35 bits per heavy atom. The Bertz CT molecular complexity index is 728. The molecule has 11 heteroatoms. The van der Waals surface area contributed by atoms with Crippen LogP contribution >= 0.6 is 11.3 Å². The van der Waals surface area contributed by atoms with Crippen molar-refractivity contribution in [2.24, 2.45) is 0 Å². The Hall–Kier alpha value is -2.27. The van der Waals surface area contributed by atoms with Crippen molar-refractivity contribution in [1.82, 2.24) is 9.97 Å². The highest BCUT2D eigenvalue weighted by molar-refractivity contribution is 7.94. The van der Waals surface area contributed by atoms with Gasteiger partial charge in [-0.1, -0.05) is 11.3 Å². The summed E-state index contributed by atoms with van der Waals surface area (Å²) in [5.41, 5.74) is -0.114. The minimum absolute atomic E-state index is 0.166. The molecule has 2 rings (SSSR count). The van der Waals surface area contributed by atoms with Gasteiger partial charge in [0.25, 0.3) is 10.0 Å². The van der Waals surface area contributed by atoms with Gasteiger partial charge in [0.15, 0.2) is 5.00 Å². The first-order valence-corrected chi connectivity index (χ1v) is 7.48. The SMILES string of the molecule is CNc1sc(S(=O)(=O)Nc2cncnc2)cc1[N+](=O)[O-]. The van der Waals surface area contributed by atoms with Crippen LogP contribution in [-0.2, 0) is 10.0 Å². The van der Waals surface area contributed by atoms with E-state index in [0.717, 1.165) is 17.4 Å². The fraction of sp³-hybridized carbons (Fsp3) is 0.111. The quantitative estimate of drug-likeness (QED) is 0.628. The number of nitrogens with one attached hydrogen (secondary N) is 2. The molecule has 9 nitrogen and oxygen atoms in total. The van der Waals surface area contributed by atoms with Gasteiger partial charge in [-0.3, -0.25) is 14.8 Å². The van der Waals surface area contributed by atoms with Crippen LogP contribution in [0.1, 0.15) is 0 Å². The first-order valence-electron chi connectivity index (χ1n) is 5.18. The molecule has 0 unspecified atom stereocenters. The second-order valence-electron chi connectivity index (χ2n) is 3.52. The average molecular weight is 315 g/mol. The minimum atomic E-state index is -3.91. The molecule has 0 bridgehead atoms. The predicted molar refractivity (Wildman–Crippen MR) is 73.4 cm³/mol. The fourth-order valence-corrected chi connectivity index (χ4v) is 3.67. The van der Waals surface area contributed by atoms with Crippen LogP contribution in [0.3, 0.4) is 0 Å². The zero-order valence-corrected chi connectivity index (χ0v) is 11.7. The first kappa shape index (κ1) is 14.1. The normalized spacial score (nSPS) is 11.1. The number of hydrogen-bond donors (Lipinski definition) is 2. The molecule has 106 valence electrons. The van der Waals surface area contributed by atoms with E-state index >= 15 is 0 Å². The molecule has 0 saturated carbocycles. The lowest BCUT2D eigenvalue weighted by Gasteiger charge is -2.03. The monoisotopic (exact) mass is 315 g/mol. The molecule has 0 aliphatic carbocycles. The van der Waals surface area contributed by atoms with E-state index in [2.05, 4.69) is 20.0 Å². The van der Waals surface area contributed by atoms with Crippen molar-refractivity contribution in [3.63, 3.8) is 0 Å². The van der Waals surface area contributed by atoms with Crippen molar-refractivity contribution in [3.8, 4) is 0 Å². The number of nitro groups is 1. The van der Waals surface area contributed by atoms with Gasteiger partial charge in [0.05, 0.1) is 23.0 Å². The van der Waals surface area contributed by atoms with Crippen LogP contribution in [0.25, 0.3) is 0 Å². The van der Waals surface area contributed by atoms with Crippen LogP contribution in [0.5, 0.6) is 0 Å². The van der Waals surface area contributed by atoms with Gasteiger partial charge in [-0.2, -0.15) is 0 Å². The van der Waals surface area contributed by atoms with E-state index in [4.69, 9.17) is 0 Å². The lowest BCUT2D eigenvalue weighted by Crippen LogP contribution is -2.11. The summed E-state index contributed by atoms with van der Waals surface area (Å²) < 4.78 is 26.3. The molecule has 0 aliphatic heterocycles. The maximum Gasteiger partial charge on any atom is 0.304 e. The van der Waals surface area contributed by atoms with E-state index in [0.29, 0.717) is 0 Å². The third kappa shape index (κ3) is 2.83. The Kier molecular flexibility index (Phi) is 3.81. The number of hydrogen-bond acceptors (Lipinski definition) is 8.